The van der Waals surface area contributed by atoms with E-state index in [1.54, 1.807) is 0 Å². The topological polar surface area (TPSA) is 89.3 Å². The van der Waals surface area contributed by atoms with Crippen molar-refractivity contribution in [3.8, 4) is 0 Å². The van der Waals surface area contributed by atoms with Gasteiger partial charge in [-0.1, -0.05) is 11.6 Å². The molecule has 1 aliphatic heterocycles. The highest BCUT2D eigenvalue weighted by molar-refractivity contribution is 7.92. The Morgan fingerprint density at radius 1 is 1.47 bits per heavy atom. The zero-order valence-electron chi connectivity index (χ0n) is 7.23. The SMILES string of the molecule is O=[N+]([O-])c1ccc(Cl)c2c1CS(=O)(=O)N2. The number of fused-ring (bicyclic) bond motifs is 1. The average Bonchev–Trinajstić information content (AvgIpc) is 2.41. The third-order valence-corrected chi connectivity index (χ3v) is 3.52. The molecule has 0 saturated heterocycles. The lowest BCUT2D eigenvalue weighted by Crippen LogP contribution is -2.05. The summed E-state index contributed by atoms with van der Waals surface area (Å²) < 4.78 is 24.6. The highest BCUT2D eigenvalue weighted by Gasteiger charge is 2.32. The summed E-state index contributed by atoms with van der Waals surface area (Å²) in [7, 11) is -3.52. The van der Waals surface area contributed by atoms with E-state index >= 15 is 0 Å². The molecule has 80 valence electrons. The van der Waals surface area contributed by atoms with Gasteiger partial charge in [-0.05, 0) is 6.07 Å². The van der Waals surface area contributed by atoms with Crippen LogP contribution < -0.4 is 4.72 Å². The van der Waals surface area contributed by atoms with E-state index in [1.165, 1.54) is 12.1 Å². The lowest BCUT2D eigenvalue weighted by molar-refractivity contribution is -0.385. The minimum absolute atomic E-state index is 0.117. The standard InChI is InChI=1S/C7H5ClN2O4S/c8-5-1-2-6(10(11)12)4-3-15(13,14)9-7(4)5/h1-2,9H,3H2. The lowest BCUT2D eigenvalue weighted by atomic mass is 10.1. The molecule has 0 spiro atoms. The Hall–Kier alpha value is -1.34. The van der Waals surface area contributed by atoms with Crippen LogP contribution in [-0.4, -0.2) is 13.3 Å². The van der Waals surface area contributed by atoms with Gasteiger partial charge in [0.25, 0.3) is 5.69 Å². The molecule has 0 aromatic heterocycles. The van der Waals surface area contributed by atoms with Gasteiger partial charge in [0.2, 0.25) is 10.0 Å². The van der Waals surface area contributed by atoms with Crippen LogP contribution in [0.3, 0.4) is 0 Å². The highest BCUT2D eigenvalue weighted by Crippen LogP contribution is 2.39. The molecule has 1 heterocycles. The molecule has 0 atom stereocenters. The van der Waals surface area contributed by atoms with E-state index in [9.17, 15) is 18.5 Å². The largest absolute Gasteiger partial charge is 0.281 e. The number of nitrogens with zero attached hydrogens (tertiary/aromatic N) is 1. The maximum atomic E-state index is 11.2. The molecule has 15 heavy (non-hydrogen) atoms. The van der Waals surface area contributed by atoms with Crippen LogP contribution >= 0.6 is 11.6 Å². The van der Waals surface area contributed by atoms with Gasteiger partial charge in [0.05, 0.1) is 21.2 Å². The van der Waals surface area contributed by atoms with Gasteiger partial charge in [-0.15, -0.1) is 0 Å². The van der Waals surface area contributed by atoms with E-state index in [-0.39, 0.29) is 22.0 Å². The van der Waals surface area contributed by atoms with E-state index in [1.807, 2.05) is 0 Å². The first-order valence-electron chi connectivity index (χ1n) is 3.87. The van der Waals surface area contributed by atoms with E-state index in [4.69, 9.17) is 11.6 Å². The normalized spacial score (nSPS) is 16.9. The van der Waals surface area contributed by atoms with Gasteiger partial charge in [0.1, 0.15) is 5.75 Å². The fourth-order valence-corrected chi connectivity index (χ4v) is 2.99. The van der Waals surface area contributed by atoms with Gasteiger partial charge >= 0.3 is 0 Å². The monoisotopic (exact) mass is 248 g/mol. The molecule has 0 bridgehead atoms. The summed E-state index contributed by atoms with van der Waals surface area (Å²) in [6.45, 7) is 0. The number of nitrogens with one attached hydrogen (secondary N) is 1. The van der Waals surface area contributed by atoms with Crippen molar-refractivity contribution < 1.29 is 13.3 Å². The molecule has 1 N–H and O–H groups in total. The summed E-state index contributed by atoms with van der Waals surface area (Å²) in [5.74, 6) is -0.404. The van der Waals surface area contributed by atoms with E-state index < -0.39 is 20.7 Å². The van der Waals surface area contributed by atoms with E-state index in [0.29, 0.717) is 0 Å². The van der Waals surface area contributed by atoms with Crippen LogP contribution in [0.25, 0.3) is 0 Å². The van der Waals surface area contributed by atoms with Gasteiger partial charge in [-0.3, -0.25) is 14.8 Å². The van der Waals surface area contributed by atoms with Crippen LogP contribution in [0.5, 0.6) is 0 Å². The van der Waals surface area contributed by atoms with Crippen molar-refractivity contribution in [3.63, 3.8) is 0 Å². The van der Waals surface area contributed by atoms with Crippen molar-refractivity contribution in [3.05, 3.63) is 32.8 Å². The first-order chi connectivity index (χ1) is 6.91. The summed E-state index contributed by atoms with van der Waals surface area (Å²) in [4.78, 5) is 10.00. The molecule has 0 unspecified atom stereocenters. The molecule has 1 aromatic rings. The van der Waals surface area contributed by atoms with Crippen LogP contribution in [0.2, 0.25) is 5.02 Å². The van der Waals surface area contributed by atoms with Gasteiger partial charge in [-0.2, -0.15) is 0 Å². The molecule has 0 radical (unpaired) electrons. The zero-order chi connectivity index (χ0) is 11.2. The maximum Gasteiger partial charge on any atom is 0.275 e. The average molecular weight is 249 g/mol. The maximum absolute atomic E-state index is 11.2. The number of nitro benzene ring substituents is 1. The smallest absolute Gasteiger partial charge is 0.275 e. The van der Waals surface area contributed by atoms with Crippen LogP contribution in [0.4, 0.5) is 11.4 Å². The van der Waals surface area contributed by atoms with Gasteiger partial charge in [-0.25, -0.2) is 8.42 Å². The quantitative estimate of drug-likeness (QED) is 0.602. The Bertz CT molecular complexity index is 554. The van der Waals surface area contributed by atoms with Crippen molar-refractivity contribution in [1.29, 1.82) is 0 Å². The Labute approximate surface area is 90.1 Å². The fraction of sp³-hybridized carbons (Fsp3) is 0.143. The zero-order valence-corrected chi connectivity index (χ0v) is 8.80. The molecule has 8 heteroatoms. The summed E-state index contributed by atoms with van der Waals surface area (Å²) in [6, 6.07) is 2.50. The number of anilines is 1. The molecule has 0 fully saturated rings. The molecule has 0 amide bonds. The first-order valence-corrected chi connectivity index (χ1v) is 5.90. The molecule has 0 saturated carbocycles. The van der Waals surface area contributed by atoms with Crippen LogP contribution in [0.1, 0.15) is 5.56 Å². The van der Waals surface area contributed by atoms with Crippen molar-refractivity contribution in [2.75, 3.05) is 4.72 Å². The number of rotatable bonds is 1. The first kappa shape index (κ1) is 10.2. The van der Waals surface area contributed by atoms with Gasteiger partial charge in [0, 0.05) is 6.07 Å². The number of nitro groups is 1. The summed E-state index contributed by atoms with van der Waals surface area (Å²) in [5.41, 5.74) is 0.00124. The van der Waals surface area contributed by atoms with Crippen molar-refractivity contribution in [2.45, 2.75) is 5.75 Å². The number of hydrogen-bond acceptors (Lipinski definition) is 4. The second-order valence-electron chi connectivity index (χ2n) is 3.04. The number of sulfonamides is 1. The van der Waals surface area contributed by atoms with Crippen LogP contribution in [-0.2, 0) is 15.8 Å². The second kappa shape index (κ2) is 3.07. The van der Waals surface area contributed by atoms with Crippen molar-refractivity contribution in [2.24, 2.45) is 0 Å². The molecular weight excluding hydrogens is 244 g/mol. The molecule has 6 nitrogen and oxygen atoms in total. The highest BCUT2D eigenvalue weighted by atomic mass is 35.5. The summed E-state index contributed by atoms with van der Waals surface area (Å²) in [5, 5.41) is 10.8. The molecule has 1 aromatic carbocycles. The van der Waals surface area contributed by atoms with Gasteiger partial charge in [0.15, 0.2) is 0 Å². The molecule has 1 aliphatic rings. The fourth-order valence-electron chi connectivity index (χ4n) is 1.42. The summed E-state index contributed by atoms with van der Waals surface area (Å²) in [6.07, 6.45) is 0. The van der Waals surface area contributed by atoms with Crippen LogP contribution in [0.15, 0.2) is 12.1 Å². The number of halogens is 1. The predicted octanol–water partition coefficient (Wildman–Crippen LogP) is 1.50. The minimum Gasteiger partial charge on any atom is -0.281 e. The third-order valence-electron chi connectivity index (χ3n) is 2.03. The van der Waals surface area contributed by atoms with Crippen molar-refractivity contribution >= 4 is 33.0 Å². The Kier molecular flexibility index (Phi) is 2.09. The van der Waals surface area contributed by atoms with Gasteiger partial charge < -0.3 is 0 Å². The van der Waals surface area contributed by atoms with E-state index in [0.717, 1.165) is 0 Å². The minimum atomic E-state index is -3.52. The number of benzene rings is 1. The Morgan fingerprint density at radius 2 is 2.13 bits per heavy atom. The molecule has 0 aliphatic carbocycles. The second-order valence-corrected chi connectivity index (χ2v) is 5.17. The summed E-state index contributed by atoms with van der Waals surface area (Å²) >= 11 is 5.72. The number of hydrogen-bond donors (Lipinski definition) is 1. The van der Waals surface area contributed by atoms with Crippen LogP contribution in [0, 0.1) is 10.1 Å². The third kappa shape index (κ3) is 1.64. The molecular formula is C7H5ClN2O4S. The molecule has 2 rings (SSSR count). The van der Waals surface area contributed by atoms with E-state index in [2.05, 4.69) is 4.72 Å². The van der Waals surface area contributed by atoms with Crippen molar-refractivity contribution in [1.82, 2.24) is 0 Å². The lowest BCUT2D eigenvalue weighted by Gasteiger charge is -2.00. The Balaban J connectivity index is 2.70. The predicted molar refractivity (Wildman–Crippen MR) is 54.4 cm³/mol. The Morgan fingerprint density at radius 3 is 2.73 bits per heavy atom.